The molecule has 1 aromatic heterocycles. The number of hydrogen-bond acceptors (Lipinski definition) is 3. The van der Waals surface area contributed by atoms with Gasteiger partial charge in [-0.05, 0) is 69.1 Å². The zero-order valence-electron chi connectivity index (χ0n) is 11.0. The molecule has 106 valence electrons. The second kappa shape index (κ2) is 6.26. The van der Waals surface area contributed by atoms with Crippen molar-refractivity contribution < 1.29 is 14.3 Å². The van der Waals surface area contributed by atoms with Crippen LogP contribution < -0.4 is 0 Å². The Hall–Kier alpha value is -0.890. The van der Waals surface area contributed by atoms with Crippen LogP contribution in [0.15, 0.2) is 27.1 Å². The highest BCUT2D eigenvalue weighted by Gasteiger charge is 2.22. The normalized spacial score (nSPS) is 11.1. The molecular formula is C14H13BrINO3. The van der Waals surface area contributed by atoms with Gasteiger partial charge >= 0.3 is 5.97 Å². The maximum atomic E-state index is 11.3. The zero-order chi connectivity index (χ0) is 14.9. The van der Waals surface area contributed by atoms with E-state index in [9.17, 15) is 9.90 Å². The first kappa shape index (κ1) is 15.5. The molecule has 2 aromatic rings. The van der Waals surface area contributed by atoms with E-state index >= 15 is 0 Å². The molecule has 1 heterocycles. The summed E-state index contributed by atoms with van der Waals surface area (Å²) in [6.45, 7) is 4.03. The van der Waals surface area contributed by atoms with Crippen molar-refractivity contribution in [1.82, 2.24) is 4.98 Å². The molecule has 0 aliphatic rings. The molecule has 1 aromatic carbocycles. The van der Waals surface area contributed by atoms with Crippen molar-refractivity contribution in [3.8, 4) is 11.5 Å². The molecule has 0 unspecified atom stereocenters. The minimum Gasteiger partial charge on any atom is -0.475 e. The summed E-state index contributed by atoms with van der Waals surface area (Å²) < 4.78 is 7.31. The largest absolute Gasteiger partial charge is 0.475 e. The topological polar surface area (TPSA) is 63.3 Å². The maximum absolute atomic E-state index is 11.3. The van der Waals surface area contributed by atoms with Crippen molar-refractivity contribution in [2.45, 2.75) is 20.3 Å². The van der Waals surface area contributed by atoms with Crippen LogP contribution in [-0.4, -0.2) is 16.1 Å². The quantitative estimate of drug-likeness (QED) is 0.692. The smallest absolute Gasteiger partial charge is 0.373 e. The van der Waals surface area contributed by atoms with Crippen molar-refractivity contribution in [2.24, 2.45) is 5.92 Å². The molecular weight excluding hydrogens is 437 g/mol. The van der Waals surface area contributed by atoms with Crippen LogP contribution in [0.3, 0.4) is 0 Å². The van der Waals surface area contributed by atoms with Crippen molar-refractivity contribution >= 4 is 44.5 Å². The highest BCUT2D eigenvalue weighted by molar-refractivity contribution is 14.1. The molecule has 0 radical (unpaired) electrons. The summed E-state index contributed by atoms with van der Waals surface area (Å²) in [5, 5.41) is 9.22. The third-order valence-electron chi connectivity index (χ3n) is 2.65. The van der Waals surface area contributed by atoms with Gasteiger partial charge in [0.25, 0.3) is 0 Å². The third kappa shape index (κ3) is 3.41. The van der Waals surface area contributed by atoms with Gasteiger partial charge in [0.1, 0.15) is 0 Å². The van der Waals surface area contributed by atoms with Crippen LogP contribution >= 0.6 is 38.5 Å². The Morgan fingerprint density at radius 2 is 2.20 bits per heavy atom. The first-order chi connectivity index (χ1) is 9.38. The number of carboxylic acid groups (broad SMARTS) is 1. The number of halogens is 2. The zero-order valence-corrected chi connectivity index (χ0v) is 14.7. The van der Waals surface area contributed by atoms with Crippen LogP contribution in [0.1, 0.15) is 30.1 Å². The summed E-state index contributed by atoms with van der Waals surface area (Å²) in [5.74, 6) is -0.505. The Morgan fingerprint density at radius 3 is 2.80 bits per heavy atom. The molecule has 2 rings (SSSR count). The molecule has 4 nitrogen and oxygen atoms in total. The van der Waals surface area contributed by atoms with Gasteiger partial charge in [-0.3, -0.25) is 0 Å². The molecule has 0 atom stereocenters. The number of rotatable bonds is 4. The number of aromatic carboxylic acids is 1. The number of nitrogens with zero attached hydrogens (tertiary/aromatic N) is 1. The van der Waals surface area contributed by atoms with Crippen LogP contribution in [0.2, 0.25) is 0 Å². The predicted molar refractivity (Wildman–Crippen MR) is 87.9 cm³/mol. The number of carbonyl (C=O) groups is 1. The number of hydrogen-bond donors (Lipinski definition) is 1. The lowest BCUT2D eigenvalue weighted by molar-refractivity contribution is 0.0661. The minimum atomic E-state index is -1.08. The molecule has 0 amide bonds. The van der Waals surface area contributed by atoms with Crippen molar-refractivity contribution in [3.05, 3.63) is 37.7 Å². The third-order valence-corrected chi connectivity index (χ3v) is 4.01. The molecule has 0 aliphatic heterocycles. The van der Waals surface area contributed by atoms with Gasteiger partial charge in [0.15, 0.2) is 0 Å². The molecule has 0 spiro atoms. The van der Waals surface area contributed by atoms with E-state index in [1.165, 1.54) is 0 Å². The molecule has 0 bridgehead atoms. The highest BCUT2D eigenvalue weighted by atomic mass is 127. The van der Waals surface area contributed by atoms with Crippen LogP contribution in [0.4, 0.5) is 0 Å². The number of oxazole rings is 1. The fourth-order valence-corrected chi connectivity index (χ4v) is 2.73. The number of benzene rings is 1. The monoisotopic (exact) mass is 449 g/mol. The molecule has 0 saturated heterocycles. The lowest BCUT2D eigenvalue weighted by Crippen LogP contribution is -2.03. The van der Waals surface area contributed by atoms with E-state index in [1.54, 1.807) is 0 Å². The standard InChI is InChI=1S/C14H13BrINO3/c1-7(2)5-11-12(14(18)19)20-13(17-11)9-6-8(16)3-4-10(9)15/h3-4,6-7H,5H2,1-2H3,(H,18,19). The van der Waals surface area contributed by atoms with E-state index in [0.29, 0.717) is 23.9 Å². The van der Waals surface area contributed by atoms with Crippen molar-refractivity contribution in [2.75, 3.05) is 0 Å². The average molecular weight is 450 g/mol. The first-order valence-electron chi connectivity index (χ1n) is 6.07. The van der Waals surface area contributed by atoms with E-state index in [-0.39, 0.29) is 5.76 Å². The van der Waals surface area contributed by atoms with Gasteiger partial charge in [-0.2, -0.15) is 0 Å². The fraction of sp³-hybridized carbons (Fsp3) is 0.286. The van der Waals surface area contributed by atoms with Gasteiger partial charge in [-0.15, -0.1) is 0 Å². The Balaban J connectivity index is 2.52. The van der Waals surface area contributed by atoms with Gasteiger partial charge < -0.3 is 9.52 Å². The van der Waals surface area contributed by atoms with Gasteiger partial charge in [0.2, 0.25) is 11.7 Å². The summed E-state index contributed by atoms with van der Waals surface area (Å²) >= 11 is 5.63. The van der Waals surface area contributed by atoms with Crippen LogP contribution in [-0.2, 0) is 6.42 Å². The summed E-state index contributed by atoms with van der Waals surface area (Å²) in [6, 6.07) is 5.75. The van der Waals surface area contributed by atoms with Gasteiger partial charge in [-0.1, -0.05) is 13.8 Å². The lowest BCUT2D eigenvalue weighted by atomic mass is 10.1. The van der Waals surface area contributed by atoms with Crippen LogP contribution in [0.25, 0.3) is 11.5 Å². The lowest BCUT2D eigenvalue weighted by Gasteiger charge is -2.00. The molecule has 0 saturated carbocycles. The Labute approximate surface area is 138 Å². The van der Waals surface area contributed by atoms with E-state index in [4.69, 9.17) is 4.42 Å². The first-order valence-corrected chi connectivity index (χ1v) is 7.94. The highest BCUT2D eigenvalue weighted by Crippen LogP contribution is 2.31. The second-order valence-electron chi connectivity index (χ2n) is 4.82. The SMILES string of the molecule is CC(C)Cc1nc(-c2cc(I)ccc2Br)oc1C(=O)O. The number of aromatic nitrogens is 1. The van der Waals surface area contributed by atoms with Crippen molar-refractivity contribution in [1.29, 1.82) is 0 Å². The summed E-state index contributed by atoms with van der Waals surface area (Å²) in [7, 11) is 0. The van der Waals surface area contributed by atoms with Gasteiger partial charge in [0, 0.05) is 8.04 Å². The number of carboxylic acids is 1. The summed E-state index contributed by atoms with van der Waals surface area (Å²) in [6.07, 6.45) is 0.576. The Morgan fingerprint density at radius 1 is 1.50 bits per heavy atom. The van der Waals surface area contributed by atoms with Gasteiger partial charge in [-0.25, -0.2) is 9.78 Å². The van der Waals surface area contributed by atoms with Crippen molar-refractivity contribution in [3.63, 3.8) is 0 Å². The molecule has 20 heavy (non-hydrogen) atoms. The molecule has 6 heteroatoms. The van der Waals surface area contributed by atoms with Gasteiger partial charge in [0.05, 0.1) is 11.3 Å². The summed E-state index contributed by atoms with van der Waals surface area (Å²) in [4.78, 5) is 15.6. The van der Waals surface area contributed by atoms with E-state index < -0.39 is 5.97 Å². The van der Waals surface area contributed by atoms with Crippen LogP contribution in [0, 0.1) is 9.49 Å². The molecule has 0 aliphatic carbocycles. The minimum absolute atomic E-state index is 0.0699. The van der Waals surface area contributed by atoms with E-state index in [2.05, 4.69) is 43.5 Å². The Kier molecular flexibility index (Phi) is 4.85. The molecule has 0 fully saturated rings. The maximum Gasteiger partial charge on any atom is 0.373 e. The van der Waals surface area contributed by atoms with E-state index in [1.807, 2.05) is 32.0 Å². The fourth-order valence-electron chi connectivity index (χ4n) is 1.82. The second-order valence-corrected chi connectivity index (χ2v) is 6.92. The average Bonchev–Trinajstić information content (AvgIpc) is 2.75. The molecule has 1 N–H and O–H groups in total. The summed E-state index contributed by atoms with van der Waals surface area (Å²) in [5.41, 5.74) is 1.25. The van der Waals surface area contributed by atoms with Crippen LogP contribution in [0.5, 0.6) is 0 Å². The predicted octanol–water partition coefficient (Wildman–Crippen LogP) is 4.61. The Bertz CT molecular complexity index is 652. The van der Waals surface area contributed by atoms with E-state index in [0.717, 1.165) is 13.6 Å².